The van der Waals surface area contributed by atoms with Crippen LogP contribution in [0.15, 0.2) is 0 Å². The first kappa shape index (κ1) is 13.9. The Balaban J connectivity index is 1.47. The van der Waals surface area contributed by atoms with Gasteiger partial charge in [0, 0.05) is 25.6 Å². The van der Waals surface area contributed by atoms with E-state index in [2.05, 4.69) is 0 Å². The molecule has 2 atom stereocenters. The standard InChI is InChI=1S/C15H23NO4/c17-14-8-11(9-16(14)12-4-1-2-5-12)15(18)20-10-13-6-3-7-19-13/h11-13H,1-10H2/t11-,13-/m0/s1. The van der Waals surface area contributed by atoms with Gasteiger partial charge in [-0.3, -0.25) is 9.59 Å². The third-order valence-corrected chi connectivity index (χ3v) is 4.69. The second-order valence-electron chi connectivity index (χ2n) is 6.15. The van der Waals surface area contributed by atoms with Crippen LogP contribution < -0.4 is 0 Å². The average Bonchev–Trinajstić information content (AvgIpc) is 3.17. The zero-order valence-electron chi connectivity index (χ0n) is 11.9. The van der Waals surface area contributed by atoms with Crippen LogP contribution in [0.2, 0.25) is 0 Å². The second kappa shape index (κ2) is 6.12. The number of amides is 1. The Labute approximate surface area is 119 Å². The third kappa shape index (κ3) is 2.97. The summed E-state index contributed by atoms with van der Waals surface area (Å²) in [5.74, 6) is -0.380. The summed E-state index contributed by atoms with van der Waals surface area (Å²) < 4.78 is 10.8. The molecule has 3 aliphatic rings. The number of esters is 1. The molecule has 5 nitrogen and oxygen atoms in total. The zero-order valence-corrected chi connectivity index (χ0v) is 11.9. The quantitative estimate of drug-likeness (QED) is 0.733. The number of ether oxygens (including phenoxy) is 2. The van der Waals surface area contributed by atoms with Crippen LogP contribution in [0.4, 0.5) is 0 Å². The lowest BCUT2D eigenvalue weighted by atomic mass is 10.1. The summed E-state index contributed by atoms with van der Waals surface area (Å²) in [5.41, 5.74) is 0. The van der Waals surface area contributed by atoms with Gasteiger partial charge in [0.1, 0.15) is 6.61 Å². The average molecular weight is 281 g/mol. The number of carbonyl (C=O) groups is 2. The molecule has 0 aromatic carbocycles. The van der Waals surface area contributed by atoms with Crippen molar-refractivity contribution in [3.8, 4) is 0 Å². The van der Waals surface area contributed by atoms with Crippen LogP contribution in [-0.4, -0.2) is 48.7 Å². The SMILES string of the molecule is O=C(OC[C@@H]1CCCO1)[C@H]1CC(=O)N(C2CCCC2)C1. The van der Waals surface area contributed by atoms with Gasteiger partial charge in [-0.25, -0.2) is 0 Å². The smallest absolute Gasteiger partial charge is 0.311 e. The summed E-state index contributed by atoms with van der Waals surface area (Å²) in [6.45, 7) is 1.65. The van der Waals surface area contributed by atoms with Crippen LogP contribution >= 0.6 is 0 Å². The second-order valence-corrected chi connectivity index (χ2v) is 6.15. The van der Waals surface area contributed by atoms with Crippen LogP contribution in [0.3, 0.4) is 0 Å². The summed E-state index contributed by atoms with van der Waals surface area (Å²) in [7, 11) is 0. The van der Waals surface area contributed by atoms with Gasteiger partial charge in [-0.05, 0) is 25.7 Å². The van der Waals surface area contributed by atoms with Gasteiger partial charge >= 0.3 is 5.97 Å². The zero-order chi connectivity index (χ0) is 13.9. The number of hydrogen-bond acceptors (Lipinski definition) is 4. The minimum absolute atomic E-state index is 0.0574. The van der Waals surface area contributed by atoms with E-state index in [0.717, 1.165) is 32.3 Å². The summed E-state index contributed by atoms with van der Waals surface area (Å²) in [6, 6.07) is 0.360. The lowest BCUT2D eigenvalue weighted by molar-refractivity contribution is -0.151. The van der Waals surface area contributed by atoms with E-state index in [9.17, 15) is 9.59 Å². The lowest BCUT2D eigenvalue weighted by Gasteiger charge is -2.23. The highest BCUT2D eigenvalue weighted by atomic mass is 16.6. The molecule has 0 spiro atoms. The number of nitrogens with zero attached hydrogens (tertiary/aromatic N) is 1. The fourth-order valence-electron chi connectivity index (χ4n) is 3.53. The van der Waals surface area contributed by atoms with E-state index in [0.29, 0.717) is 25.6 Å². The molecule has 2 aliphatic heterocycles. The highest BCUT2D eigenvalue weighted by Gasteiger charge is 2.39. The van der Waals surface area contributed by atoms with Gasteiger partial charge in [0.25, 0.3) is 0 Å². The fraction of sp³-hybridized carbons (Fsp3) is 0.867. The molecule has 2 saturated heterocycles. The fourth-order valence-corrected chi connectivity index (χ4v) is 3.53. The summed E-state index contributed by atoms with van der Waals surface area (Å²) >= 11 is 0. The first-order valence-corrected chi connectivity index (χ1v) is 7.82. The molecule has 20 heavy (non-hydrogen) atoms. The van der Waals surface area contributed by atoms with Crippen molar-refractivity contribution in [2.24, 2.45) is 5.92 Å². The molecule has 0 N–H and O–H groups in total. The first-order valence-electron chi connectivity index (χ1n) is 7.82. The minimum Gasteiger partial charge on any atom is -0.463 e. The van der Waals surface area contributed by atoms with Crippen LogP contribution in [0.1, 0.15) is 44.9 Å². The molecule has 112 valence electrons. The molecule has 0 bridgehead atoms. The van der Waals surface area contributed by atoms with Gasteiger partial charge in [0.2, 0.25) is 5.91 Å². The summed E-state index contributed by atoms with van der Waals surface area (Å²) in [5, 5.41) is 0. The maximum Gasteiger partial charge on any atom is 0.311 e. The molecule has 1 saturated carbocycles. The van der Waals surface area contributed by atoms with Crippen LogP contribution in [0.25, 0.3) is 0 Å². The number of likely N-dealkylation sites (tertiary alicyclic amines) is 1. The van der Waals surface area contributed by atoms with E-state index >= 15 is 0 Å². The molecular weight excluding hydrogens is 258 g/mol. The van der Waals surface area contributed by atoms with E-state index in [-0.39, 0.29) is 23.9 Å². The van der Waals surface area contributed by atoms with Crippen molar-refractivity contribution in [3.63, 3.8) is 0 Å². The largest absolute Gasteiger partial charge is 0.463 e. The monoisotopic (exact) mass is 281 g/mol. The third-order valence-electron chi connectivity index (χ3n) is 4.69. The van der Waals surface area contributed by atoms with Gasteiger partial charge in [-0.2, -0.15) is 0 Å². The summed E-state index contributed by atoms with van der Waals surface area (Å²) in [6.07, 6.45) is 6.95. The van der Waals surface area contributed by atoms with Crippen molar-refractivity contribution >= 4 is 11.9 Å². The topological polar surface area (TPSA) is 55.8 Å². The van der Waals surface area contributed by atoms with Crippen molar-refractivity contribution in [3.05, 3.63) is 0 Å². The van der Waals surface area contributed by atoms with Gasteiger partial charge < -0.3 is 14.4 Å². The maximum absolute atomic E-state index is 12.1. The van der Waals surface area contributed by atoms with Crippen molar-refractivity contribution < 1.29 is 19.1 Å². The number of hydrogen-bond donors (Lipinski definition) is 0. The molecule has 3 fully saturated rings. The predicted molar refractivity (Wildman–Crippen MR) is 72.0 cm³/mol. The molecule has 3 rings (SSSR count). The molecule has 5 heteroatoms. The van der Waals surface area contributed by atoms with Crippen molar-refractivity contribution in [2.45, 2.75) is 57.1 Å². The first-order chi connectivity index (χ1) is 9.74. The Kier molecular flexibility index (Phi) is 4.24. The molecule has 0 unspecified atom stereocenters. The molecule has 2 heterocycles. The maximum atomic E-state index is 12.1. The lowest BCUT2D eigenvalue weighted by Crippen LogP contribution is -2.35. The highest BCUT2D eigenvalue weighted by molar-refractivity contribution is 5.87. The minimum atomic E-state index is -0.274. The van der Waals surface area contributed by atoms with E-state index in [1.165, 1.54) is 12.8 Å². The van der Waals surface area contributed by atoms with Crippen LogP contribution in [0, 0.1) is 5.92 Å². The molecule has 1 amide bonds. The Bertz CT molecular complexity index is 372. The highest BCUT2D eigenvalue weighted by Crippen LogP contribution is 2.30. The van der Waals surface area contributed by atoms with Crippen molar-refractivity contribution in [2.75, 3.05) is 19.8 Å². The van der Waals surface area contributed by atoms with E-state index in [4.69, 9.17) is 9.47 Å². The normalized spacial score (nSPS) is 31.2. The molecular formula is C15H23NO4. The summed E-state index contributed by atoms with van der Waals surface area (Å²) in [4.78, 5) is 26.0. The van der Waals surface area contributed by atoms with E-state index in [1.54, 1.807) is 0 Å². The van der Waals surface area contributed by atoms with Crippen LogP contribution in [-0.2, 0) is 19.1 Å². The van der Waals surface area contributed by atoms with Crippen molar-refractivity contribution in [1.29, 1.82) is 0 Å². The number of rotatable bonds is 4. The Hall–Kier alpha value is -1.10. The Morgan fingerprint density at radius 3 is 2.75 bits per heavy atom. The molecule has 0 radical (unpaired) electrons. The van der Waals surface area contributed by atoms with Gasteiger partial charge in [-0.1, -0.05) is 12.8 Å². The molecule has 1 aliphatic carbocycles. The van der Waals surface area contributed by atoms with Gasteiger partial charge in [0.05, 0.1) is 12.0 Å². The molecule has 0 aromatic heterocycles. The Morgan fingerprint density at radius 1 is 1.25 bits per heavy atom. The van der Waals surface area contributed by atoms with E-state index < -0.39 is 0 Å². The molecule has 0 aromatic rings. The van der Waals surface area contributed by atoms with Crippen molar-refractivity contribution in [1.82, 2.24) is 4.90 Å². The van der Waals surface area contributed by atoms with E-state index in [1.807, 2.05) is 4.90 Å². The van der Waals surface area contributed by atoms with Crippen LogP contribution in [0.5, 0.6) is 0 Å². The predicted octanol–water partition coefficient (Wildman–Crippen LogP) is 1.50. The van der Waals surface area contributed by atoms with Gasteiger partial charge in [0.15, 0.2) is 0 Å². The van der Waals surface area contributed by atoms with Gasteiger partial charge in [-0.15, -0.1) is 0 Å². The number of carbonyl (C=O) groups excluding carboxylic acids is 2. The Morgan fingerprint density at radius 2 is 2.05 bits per heavy atom.